The van der Waals surface area contributed by atoms with Crippen LogP contribution in [0.1, 0.15) is 25.8 Å². The molecule has 0 radical (unpaired) electrons. The fraction of sp³-hybridized carbons (Fsp3) is 0.684. The van der Waals surface area contributed by atoms with Gasteiger partial charge in [-0.15, -0.1) is 0 Å². The zero-order chi connectivity index (χ0) is 17.8. The number of hydrogen-bond acceptors (Lipinski definition) is 5. The summed E-state index contributed by atoms with van der Waals surface area (Å²) in [5, 5.41) is 10.2. The fourth-order valence-electron chi connectivity index (χ4n) is 2.45. The van der Waals surface area contributed by atoms with E-state index in [2.05, 4.69) is 30.9 Å². The highest BCUT2D eigenvalue weighted by atomic mass is 16.5. The van der Waals surface area contributed by atoms with Crippen LogP contribution in [0, 0.1) is 5.92 Å². The lowest BCUT2D eigenvalue weighted by molar-refractivity contribution is 0.00580. The van der Waals surface area contributed by atoms with Crippen LogP contribution >= 0.6 is 0 Å². The maximum absolute atomic E-state index is 10.2. The third-order valence-corrected chi connectivity index (χ3v) is 3.62. The monoisotopic (exact) mass is 339 g/mol. The van der Waals surface area contributed by atoms with E-state index < -0.39 is 6.10 Å². The van der Waals surface area contributed by atoms with Crippen molar-refractivity contribution in [3.05, 3.63) is 29.8 Å². The van der Waals surface area contributed by atoms with E-state index in [9.17, 15) is 5.11 Å². The predicted molar refractivity (Wildman–Crippen MR) is 96.4 cm³/mol. The zero-order valence-corrected chi connectivity index (χ0v) is 15.5. The lowest BCUT2D eigenvalue weighted by atomic mass is 10.2. The molecule has 5 heteroatoms. The molecule has 5 nitrogen and oxygen atoms in total. The second kappa shape index (κ2) is 12.3. The first-order valence-corrected chi connectivity index (χ1v) is 8.65. The molecule has 1 aromatic rings. The number of ether oxygens (including phenoxy) is 3. The van der Waals surface area contributed by atoms with Crippen LogP contribution in [0.3, 0.4) is 0 Å². The Kier molecular flexibility index (Phi) is 10.7. The second-order valence-corrected chi connectivity index (χ2v) is 6.51. The highest BCUT2D eigenvalue weighted by Crippen LogP contribution is 2.13. The third kappa shape index (κ3) is 9.23. The van der Waals surface area contributed by atoms with Gasteiger partial charge in [0.1, 0.15) is 5.75 Å². The highest BCUT2D eigenvalue weighted by Gasteiger charge is 2.13. The van der Waals surface area contributed by atoms with E-state index in [-0.39, 0.29) is 0 Å². The Balaban J connectivity index is 2.51. The molecule has 0 aliphatic carbocycles. The summed E-state index contributed by atoms with van der Waals surface area (Å²) >= 11 is 0. The summed E-state index contributed by atoms with van der Waals surface area (Å²) < 4.78 is 15.9. The average Bonchev–Trinajstić information content (AvgIpc) is 2.55. The molecule has 0 amide bonds. The van der Waals surface area contributed by atoms with Crippen LogP contribution in [-0.2, 0) is 16.0 Å². The largest absolute Gasteiger partial charge is 0.497 e. The van der Waals surface area contributed by atoms with Gasteiger partial charge in [0.25, 0.3) is 0 Å². The van der Waals surface area contributed by atoms with Crippen molar-refractivity contribution in [3.8, 4) is 5.75 Å². The molecule has 138 valence electrons. The van der Waals surface area contributed by atoms with Gasteiger partial charge in [-0.3, -0.25) is 4.90 Å². The summed E-state index contributed by atoms with van der Waals surface area (Å²) in [6, 6.07) is 8.04. The van der Waals surface area contributed by atoms with Gasteiger partial charge >= 0.3 is 0 Å². The molecule has 0 heterocycles. The van der Waals surface area contributed by atoms with Crippen molar-refractivity contribution in [2.45, 2.75) is 32.9 Å². The van der Waals surface area contributed by atoms with Crippen molar-refractivity contribution in [2.75, 3.05) is 47.1 Å². The summed E-state index contributed by atoms with van der Waals surface area (Å²) in [6.45, 7) is 8.24. The Morgan fingerprint density at radius 1 is 1.08 bits per heavy atom. The molecule has 1 N–H and O–H groups in total. The van der Waals surface area contributed by atoms with Crippen LogP contribution in [0.15, 0.2) is 24.3 Å². The van der Waals surface area contributed by atoms with Gasteiger partial charge in [0.05, 0.1) is 19.8 Å². The van der Waals surface area contributed by atoms with Crippen LogP contribution in [0.2, 0.25) is 0 Å². The fourth-order valence-corrected chi connectivity index (χ4v) is 2.45. The maximum atomic E-state index is 10.2. The average molecular weight is 339 g/mol. The second-order valence-electron chi connectivity index (χ2n) is 6.51. The minimum absolute atomic E-state index is 0.377. The number of benzene rings is 1. The summed E-state index contributed by atoms with van der Waals surface area (Å²) in [5.74, 6) is 1.33. The van der Waals surface area contributed by atoms with Crippen LogP contribution < -0.4 is 4.74 Å². The first kappa shape index (κ1) is 20.9. The van der Waals surface area contributed by atoms with Crippen LogP contribution in [0.5, 0.6) is 5.75 Å². The molecule has 0 unspecified atom stereocenters. The Labute approximate surface area is 146 Å². The molecule has 0 aromatic heterocycles. The number of hydrogen-bond donors (Lipinski definition) is 1. The van der Waals surface area contributed by atoms with Crippen LogP contribution in [0.4, 0.5) is 0 Å². The van der Waals surface area contributed by atoms with E-state index in [0.29, 0.717) is 25.7 Å². The van der Waals surface area contributed by atoms with Crippen molar-refractivity contribution in [1.29, 1.82) is 0 Å². The lowest BCUT2D eigenvalue weighted by Crippen LogP contribution is -2.35. The van der Waals surface area contributed by atoms with Crippen molar-refractivity contribution < 1.29 is 19.3 Å². The molecule has 0 aliphatic rings. The highest BCUT2D eigenvalue weighted by molar-refractivity contribution is 5.27. The van der Waals surface area contributed by atoms with Gasteiger partial charge in [0.2, 0.25) is 0 Å². The first-order chi connectivity index (χ1) is 11.5. The van der Waals surface area contributed by atoms with Gasteiger partial charge in [-0.25, -0.2) is 0 Å². The van der Waals surface area contributed by atoms with Gasteiger partial charge < -0.3 is 19.3 Å². The summed E-state index contributed by atoms with van der Waals surface area (Å²) in [4.78, 5) is 2.24. The molecular weight excluding hydrogens is 306 g/mol. The number of nitrogens with zero attached hydrogens (tertiary/aromatic N) is 1. The molecule has 0 spiro atoms. The molecular formula is C19H33NO4. The molecule has 1 atom stereocenters. The standard InChI is InChI=1S/C19H33NO4/c1-16(2)14-24-15-18(21)13-20(10-5-11-22-3)12-17-6-8-19(23-4)9-7-17/h6-9,16,18,21H,5,10-15H2,1-4H3/t18-/m0/s1. The molecule has 0 bridgehead atoms. The smallest absolute Gasteiger partial charge is 0.118 e. The minimum atomic E-state index is -0.482. The number of rotatable bonds is 13. The molecule has 1 aromatic carbocycles. The number of aliphatic hydroxyl groups excluding tert-OH is 1. The molecule has 0 aliphatic heterocycles. The quantitative estimate of drug-likeness (QED) is 0.560. The van der Waals surface area contributed by atoms with Crippen molar-refractivity contribution in [1.82, 2.24) is 4.90 Å². The van der Waals surface area contributed by atoms with Gasteiger partial charge in [-0.05, 0) is 30.0 Å². The molecule has 0 saturated heterocycles. The summed E-state index contributed by atoms with van der Waals surface area (Å²) in [5.41, 5.74) is 1.20. The Bertz CT molecular complexity index is 422. The van der Waals surface area contributed by atoms with Gasteiger partial charge in [0, 0.05) is 40.0 Å². The van der Waals surface area contributed by atoms with Gasteiger partial charge in [-0.1, -0.05) is 26.0 Å². The molecule has 1 rings (SSSR count). The Hall–Kier alpha value is -1.14. The predicted octanol–water partition coefficient (Wildman–Crippen LogP) is 2.57. The molecule has 0 fully saturated rings. The SMILES string of the molecule is COCCCN(Cc1ccc(OC)cc1)C[C@H](O)COCC(C)C. The zero-order valence-electron chi connectivity index (χ0n) is 15.5. The Morgan fingerprint density at radius 3 is 2.38 bits per heavy atom. The molecule has 0 saturated carbocycles. The van der Waals surface area contributed by atoms with Crippen molar-refractivity contribution >= 4 is 0 Å². The summed E-state index contributed by atoms with van der Waals surface area (Å²) in [7, 11) is 3.38. The van der Waals surface area contributed by atoms with E-state index >= 15 is 0 Å². The first-order valence-electron chi connectivity index (χ1n) is 8.65. The lowest BCUT2D eigenvalue weighted by Gasteiger charge is -2.25. The molecule has 24 heavy (non-hydrogen) atoms. The van der Waals surface area contributed by atoms with Crippen LogP contribution in [-0.4, -0.2) is 63.2 Å². The van der Waals surface area contributed by atoms with E-state index in [1.54, 1.807) is 14.2 Å². The minimum Gasteiger partial charge on any atom is -0.497 e. The van der Waals surface area contributed by atoms with E-state index in [1.807, 2.05) is 12.1 Å². The van der Waals surface area contributed by atoms with Crippen LogP contribution in [0.25, 0.3) is 0 Å². The van der Waals surface area contributed by atoms with Crippen molar-refractivity contribution in [3.63, 3.8) is 0 Å². The topological polar surface area (TPSA) is 51.2 Å². The van der Waals surface area contributed by atoms with Crippen molar-refractivity contribution in [2.24, 2.45) is 5.92 Å². The maximum Gasteiger partial charge on any atom is 0.118 e. The van der Waals surface area contributed by atoms with Gasteiger partial charge in [0.15, 0.2) is 0 Å². The van der Waals surface area contributed by atoms with E-state index in [1.165, 1.54) is 5.56 Å². The normalized spacial score (nSPS) is 12.8. The summed E-state index contributed by atoms with van der Waals surface area (Å²) in [6.07, 6.45) is 0.455. The number of methoxy groups -OCH3 is 2. The van der Waals surface area contributed by atoms with E-state index in [4.69, 9.17) is 14.2 Å². The van der Waals surface area contributed by atoms with E-state index in [0.717, 1.165) is 31.9 Å². The third-order valence-electron chi connectivity index (χ3n) is 3.62. The Morgan fingerprint density at radius 2 is 1.79 bits per heavy atom. The number of aliphatic hydroxyl groups is 1. The van der Waals surface area contributed by atoms with Gasteiger partial charge in [-0.2, -0.15) is 0 Å².